The van der Waals surface area contributed by atoms with E-state index in [2.05, 4.69) is 9.88 Å². The zero-order valence-corrected chi connectivity index (χ0v) is 11.1. The maximum absolute atomic E-state index is 12.1. The number of hydrogen-bond donors (Lipinski definition) is 1. The number of aromatic amines is 1. The van der Waals surface area contributed by atoms with E-state index in [9.17, 15) is 8.78 Å². The van der Waals surface area contributed by atoms with Crippen LogP contribution in [0.1, 0.15) is 5.56 Å². The van der Waals surface area contributed by atoms with Gasteiger partial charge in [0.05, 0.1) is 0 Å². The van der Waals surface area contributed by atoms with Crippen LogP contribution >= 0.6 is 0 Å². The van der Waals surface area contributed by atoms with Crippen LogP contribution in [0.2, 0.25) is 0 Å². The number of ether oxygens (including phenoxy) is 1. The first-order valence-corrected chi connectivity index (χ1v) is 6.22. The first-order chi connectivity index (χ1) is 9.06. The monoisotopic (exact) mass is 268 g/mol. The highest BCUT2D eigenvalue weighted by Gasteiger charge is 2.08. The molecular weight excluding hydrogens is 250 g/mol. The van der Waals surface area contributed by atoms with E-state index in [0.29, 0.717) is 5.75 Å². The summed E-state index contributed by atoms with van der Waals surface area (Å²) in [5.74, 6) is 0.485. The van der Waals surface area contributed by atoms with Crippen LogP contribution in [0.25, 0.3) is 10.9 Å². The predicted octanol–water partition coefficient (Wildman–Crippen LogP) is 2.92. The molecule has 2 rings (SSSR count). The third kappa shape index (κ3) is 3.67. The maximum atomic E-state index is 12.1. The number of H-pyrrole nitrogens is 1. The molecule has 0 aliphatic rings. The minimum Gasteiger partial charge on any atom is -0.488 e. The Morgan fingerprint density at radius 2 is 2.11 bits per heavy atom. The number of nitrogens with one attached hydrogen (secondary N) is 1. The fourth-order valence-electron chi connectivity index (χ4n) is 1.96. The van der Waals surface area contributed by atoms with Gasteiger partial charge in [-0.2, -0.15) is 0 Å². The molecule has 1 aromatic heterocycles. The van der Waals surface area contributed by atoms with Gasteiger partial charge in [-0.3, -0.25) is 0 Å². The number of fused-ring (bicyclic) bond motifs is 1. The summed E-state index contributed by atoms with van der Waals surface area (Å²) in [6.07, 6.45) is 0.422. The summed E-state index contributed by atoms with van der Waals surface area (Å²) in [4.78, 5) is 5.29. The molecular formula is C14H18F2N2O. The number of nitrogens with zero attached hydrogens (tertiary/aromatic N) is 1. The zero-order valence-electron chi connectivity index (χ0n) is 11.1. The summed E-state index contributed by atoms with van der Waals surface area (Å²) >= 11 is 0. The molecule has 0 spiro atoms. The topological polar surface area (TPSA) is 28.3 Å². The average Bonchev–Trinajstić information content (AvgIpc) is 2.76. The van der Waals surface area contributed by atoms with Crippen LogP contribution < -0.4 is 4.74 Å². The Labute approximate surface area is 111 Å². The standard InChI is InChI=1S/C14H18F2N2O/c1-18(2)6-5-10-8-17-13-4-3-11(7-12(10)13)19-9-14(15)16/h3-4,7-8,14,17H,5-6,9H2,1-2H3. The van der Waals surface area contributed by atoms with Gasteiger partial charge in [-0.25, -0.2) is 8.78 Å². The second kappa shape index (κ2) is 6.02. The molecule has 1 heterocycles. The van der Waals surface area contributed by atoms with Crippen molar-refractivity contribution in [3.63, 3.8) is 0 Å². The van der Waals surface area contributed by atoms with Crippen molar-refractivity contribution in [2.75, 3.05) is 27.2 Å². The van der Waals surface area contributed by atoms with Crippen molar-refractivity contribution < 1.29 is 13.5 Å². The van der Waals surface area contributed by atoms with E-state index < -0.39 is 13.0 Å². The predicted molar refractivity (Wildman–Crippen MR) is 72.1 cm³/mol. The molecule has 1 aromatic carbocycles. The van der Waals surface area contributed by atoms with E-state index >= 15 is 0 Å². The highest BCUT2D eigenvalue weighted by Crippen LogP contribution is 2.24. The number of benzene rings is 1. The summed E-state index contributed by atoms with van der Waals surface area (Å²) in [6.45, 7) is 0.373. The average molecular weight is 268 g/mol. The molecule has 104 valence electrons. The quantitative estimate of drug-likeness (QED) is 0.872. The number of aromatic nitrogens is 1. The summed E-state index contributed by atoms with van der Waals surface area (Å²) in [6, 6.07) is 5.38. The molecule has 0 atom stereocenters. The molecule has 0 amide bonds. The van der Waals surface area contributed by atoms with Crippen LogP contribution in [-0.2, 0) is 6.42 Å². The largest absolute Gasteiger partial charge is 0.488 e. The van der Waals surface area contributed by atoms with Gasteiger partial charge in [-0.05, 0) is 44.3 Å². The van der Waals surface area contributed by atoms with E-state index in [4.69, 9.17) is 4.74 Å². The van der Waals surface area contributed by atoms with Gasteiger partial charge in [0.2, 0.25) is 0 Å². The van der Waals surface area contributed by atoms with E-state index in [-0.39, 0.29) is 0 Å². The fourth-order valence-corrected chi connectivity index (χ4v) is 1.96. The van der Waals surface area contributed by atoms with Crippen molar-refractivity contribution >= 4 is 10.9 Å². The van der Waals surface area contributed by atoms with Gasteiger partial charge in [0.25, 0.3) is 6.43 Å². The van der Waals surface area contributed by atoms with Crippen molar-refractivity contribution in [3.8, 4) is 5.75 Å². The third-order valence-electron chi connectivity index (χ3n) is 2.94. The smallest absolute Gasteiger partial charge is 0.272 e. The van der Waals surface area contributed by atoms with Crippen molar-refractivity contribution in [1.29, 1.82) is 0 Å². The molecule has 19 heavy (non-hydrogen) atoms. The second-order valence-corrected chi connectivity index (χ2v) is 4.78. The molecule has 3 nitrogen and oxygen atoms in total. The molecule has 0 aliphatic heterocycles. The number of rotatable bonds is 6. The van der Waals surface area contributed by atoms with E-state index in [0.717, 1.165) is 23.9 Å². The molecule has 0 saturated heterocycles. The van der Waals surface area contributed by atoms with Crippen LogP contribution in [0.5, 0.6) is 5.75 Å². The number of likely N-dealkylation sites (N-methyl/N-ethyl adjacent to an activating group) is 1. The number of alkyl halides is 2. The van der Waals surface area contributed by atoms with Crippen molar-refractivity contribution in [2.45, 2.75) is 12.8 Å². The molecule has 0 unspecified atom stereocenters. The minimum absolute atomic E-state index is 0.485. The highest BCUT2D eigenvalue weighted by atomic mass is 19.3. The lowest BCUT2D eigenvalue weighted by Gasteiger charge is -2.09. The Kier molecular flexibility index (Phi) is 4.37. The number of hydrogen-bond acceptors (Lipinski definition) is 2. The molecule has 2 aromatic rings. The van der Waals surface area contributed by atoms with Gasteiger partial charge >= 0.3 is 0 Å². The first kappa shape index (κ1) is 13.8. The van der Waals surface area contributed by atoms with Gasteiger partial charge in [0.15, 0.2) is 0 Å². The van der Waals surface area contributed by atoms with Gasteiger partial charge in [0.1, 0.15) is 12.4 Å². The lowest BCUT2D eigenvalue weighted by atomic mass is 10.1. The van der Waals surface area contributed by atoms with Crippen LogP contribution in [0.3, 0.4) is 0 Å². The first-order valence-electron chi connectivity index (χ1n) is 6.22. The van der Waals surface area contributed by atoms with Crippen LogP contribution in [-0.4, -0.2) is 43.6 Å². The summed E-state index contributed by atoms with van der Waals surface area (Å²) in [7, 11) is 4.04. The second-order valence-electron chi connectivity index (χ2n) is 4.78. The van der Waals surface area contributed by atoms with Crippen molar-refractivity contribution in [2.24, 2.45) is 0 Å². The molecule has 5 heteroatoms. The van der Waals surface area contributed by atoms with Crippen LogP contribution in [0, 0.1) is 0 Å². The van der Waals surface area contributed by atoms with Crippen LogP contribution in [0.4, 0.5) is 8.78 Å². The molecule has 1 N–H and O–H groups in total. The van der Waals surface area contributed by atoms with Gasteiger partial charge in [-0.1, -0.05) is 0 Å². The molecule has 0 bridgehead atoms. The van der Waals surface area contributed by atoms with Gasteiger partial charge in [-0.15, -0.1) is 0 Å². The Hall–Kier alpha value is -1.62. The minimum atomic E-state index is -2.45. The van der Waals surface area contributed by atoms with E-state index in [1.807, 2.05) is 32.4 Å². The Morgan fingerprint density at radius 1 is 1.32 bits per heavy atom. The zero-order chi connectivity index (χ0) is 13.8. The summed E-state index contributed by atoms with van der Waals surface area (Å²) < 4.78 is 29.3. The summed E-state index contributed by atoms with van der Waals surface area (Å²) in [5, 5.41) is 1.04. The lowest BCUT2D eigenvalue weighted by molar-refractivity contribution is 0.0820. The Morgan fingerprint density at radius 3 is 2.79 bits per heavy atom. The molecule has 0 fully saturated rings. The van der Waals surface area contributed by atoms with Crippen molar-refractivity contribution in [3.05, 3.63) is 30.0 Å². The van der Waals surface area contributed by atoms with E-state index in [1.54, 1.807) is 6.07 Å². The van der Waals surface area contributed by atoms with E-state index in [1.165, 1.54) is 5.56 Å². The highest BCUT2D eigenvalue weighted by molar-refractivity contribution is 5.84. The van der Waals surface area contributed by atoms with Gasteiger partial charge < -0.3 is 14.6 Å². The molecule has 0 radical (unpaired) electrons. The lowest BCUT2D eigenvalue weighted by Crippen LogP contribution is -2.14. The third-order valence-corrected chi connectivity index (χ3v) is 2.94. The molecule has 0 saturated carbocycles. The fraction of sp³-hybridized carbons (Fsp3) is 0.429. The molecule has 0 aliphatic carbocycles. The summed E-state index contributed by atoms with van der Waals surface area (Å²) in [5.41, 5.74) is 2.17. The maximum Gasteiger partial charge on any atom is 0.272 e. The Balaban J connectivity index is 2.17. The van der Waals surface area contributed by atoms with Gasteiger partial charge in [0, 0.05) is 23.6 Å². The SMILES string of the molecule is CN(C)CCc1c[nH]c2ccc(OCC(F)F)cc12. The Bertz CT molecular complexity index is 537. The van der Waals surface area contributed by atoms with Crippen molar-refractivity contribution in [1.82, 2.24) is 9.88 Å². The normalized spacial score (nSPS) is 11.7. The van der Waals surface area contributed by atoms with Crippen LogP contribution in [0.15, 0.2) is 24.4 Å². The number of halogens is 2.